The Hall–Kier alpha value is -0.120. The predicted octanol–water partition coefficient (Wildman–Crippen LogP) is -0.215. The third kappa shape index (κ3) is 32.8. The van der Waals surface area contributed by atoms with Gasteiger partial charge in [0.2, 0.25) is 0 Å². The Bertz CT molecular complexity index is 47.5. The predicted molar refractivity (Wildman–Crippen MR) is 35.6 cm³/mol. The van der Waals surface area contributed by atoms with Crippen LogP contribution in [0, 0.1) is 0 Å². The van der Waals surface area contributed by atoms with Crippen molar-refractivity contribution in [1.29, 1.82) is 0 Å². The summed E-state index contributed by atoms with van der Waals surface area (Å²) in [6, 6.07) is 0. The normalized spacial score (nSPS) is 7.44. The molecule has 0 aromatic heterocycles. The lowest BCUT2D eigenvalue weighted by Crippen LogP contribution is -1.85. The quantitative estimate of drug-likeness (QED) is 0.437. The van der Waals surface area contributed by atoms with E-state index in [9.17, 15) is 4.79 Å². The van der Waals surface area contributed by atoms with Crippen molar-refractivity contribution in [3.8, 4) is 0 Å². The van der Waals surface area contributed by atoms with E-state index < -0.39 is 0 Å². The molecule has 3 nitrogen and oxygen atoms in total. The molecule has 0 aromatic carbocycles. The van der Waals surface area contributed by atoms with Crippen LogP contribution in [0.3, 0.4) is 0 Å². The molecule has 0 amide bonds. The number of hydrogen-bond acceptors (Lipinski definition) is 3. The lowest BCUT2D eigenvalue weighted by Gasteiger charge is -1.70. The Morgan fingerprint density at radius 1 is 1.33 bits per heavy atom. The summed E-state index contributed by atoms with van der Waals surface area (Å²) in [6.07, 6.45) is 1.27. The first kappa shape index (κ1) is 11.6. The van der Waals surface area contributed by atoms with Crippen molar-refractivity contribution in [3.05, 3.63) is 0 Å². The first-order chi connectivity index (χ1) is 4.33. The maximum atomic E-state index is 9.32. The monoisotopic (exact) mass is 154 g/mol. The van der Waals surface area contributed by atoms with Crippen molar-refractivity contribution >= 4 is 17.9 Å². The standard InChI is InChI=1S/C3H5ClO.C2H6O2/c4-2-1-3-5;3-1-2-4/h3H,1-2H2;3-4H,1-2H2. The lowest BCUT2D eigenvalue weighted by molar-refractivity contribution is -0.107. The molecule has 0 rings (SSSR count). The van der Waals surface area contributed by atoms with Crippen molar-refractivity contribution in [3.63, 3.8) is 0 Å². The van der Waals surface area contributed by atoms with Crippen LogP contribution in [0.1, 0.15) is 6.42 Å². The zero-order chi connectivity index (χ0) is 7.54. The molecule has 0 fully saturated rings. The molecular weight excluding hydrogens is 144 g/mol. The third-order valence-corrected chi connectivity index (χ3v) is 0.545. The molecule has 0 atom stereocenters. The van der Waals surface area contributed by atoms with E-state index in [1.807, 2.05) is 0 Å². The molecule has 2 N–H and O–H groups in total. The number of halogens is 1. The van der Waals surface area contributed by atoms with Crippen LogP contribution in [0.15, 0.2) is 0 Å². The molecule has 56 valence electrons. The number of carbonyl (C=O) groups is 1. The van der Waals surface area contributed by atoms with Crippen molar-refractivity contribution in [2.45, 2.75) is 6.42 Å². The highest BCUT2D eigenvalue weighted by atomic mass is 35.5. The fraction of sp³-hybridized carbons (Fsp3) is 0.800. The van der Waals surface area contributed by atoms with Gasteiger partial charge in [0, 0.05) is 12.3 Å². The second kappa shape index (κ2) is 15.7. The van der Waals surface area contributed by atoms with Gasteiger partial charge in [-0.25, -0.2) is 0 Å². The van der Waals surface area contributed by atoms with Crippen molar-refractivity contribution in [1.82, 2.24) is 0 Å². The summed E-state index contributed by atoms with van der Waals surface area (Å²) in [6.45, 7) is -0.250. The number of alkyl halides is 1. The average molecular weight is 155 g/mol. The molecule has 0 heterocycles. The highest BCUT2D eigenvalue weighted by molar-refractivity contribution is 6.18. The average Bonchev–Trinajstić information content (AvgIpc) is 1.91. The van der Waals surface area contributed by atoms with Crippen molar-refractivity contribution in [2.75, 3.05) is 19.1 Å². The van der Waals surface area contributed by atoms with Crippen molar-refractivity contribution < 1.29 is 15.0 Å². The number of aliphatic hydroxyl groups is 2. The number of hydrogen-bond donors (Lipinski definition) is 2. The highest BCUT2D eigenvalue weighted by Crippen LogP contribution is 1.74. The molecule has 0 aromatic rings. The molecule has 0 aliphatic rings. The zero-order valence-electron chi connectivity index (χ0n) is 5.09. The minimum absolute atomic E-state index is 0.125. The summed E-state index contributed by atoms with van der Waals surface area (Å²) >= 11 is 5.07. The van der Waals surface area contributed by atoms with Crippen LogP contribution in [0.5, 0.6) is 0 Å². The minimum Gasteiger partial charge on any atom is -0.394 e. The number of aldehydes is 1. The van der Waals surface area contributed by atoms with Crippen molar-refractivity contribution in [2.24, 2.45) is 0 Å². The SMILES string of the molecule is O=CCCCl.OCCO. The topological polar surface area (TPSA) is 57.5 Å². The fourth-order valence-corrected chi connectivity index (χ4v) is 0.134. The Labute approximate surface area is 59.3 Å². The maximum Gasteiger partial charge on any atom is 0.121 e. The minimum atomic E-state index is -0.125. The molecule has 0 spiro atoms. The fourth-order valence-electron chi connectivity index (χ4n) is 0.0445. The van der Waals surface area contributed by atoms with Gasteiger partial charge in [0.1, 0.15) is 6.29 Å². The van der Waals surface area contributed by atoms with E-state index in [0.29, 0.717) is 12.3 Å². The molecule has 4 heteroatoms. The molecule has 0 saturated heterocycles. The highest BCUT2D eigenvalue weighted by Gasteiger charge is 1.69. The Morgan fingerprint density at radius 2 is 1.78 bits per heavy atom. The van der Waals surface area contributed by atoms with E-state index in [1.165, 1.54) is 0 Å². The summed E-state index contributed by atoms with van der Waals surface area (Å²) in [5.41, 5.74) is 0. The molecule has 0 saturated carbocycles. The first-order valence-corrected chi connectivity index (χ1v) is 3.08. The van der Waals surface area contributed by atoms with Gasteiger partial charge in [-0.05, 0) is 0 Å². The third-order valence-electron chi connectivity index (χ3n) is 0.327. The van der Waals surface area contributed by atoms with Crippen LogP contribution in [-0.2, 0) is 4.79 Å². The van der Waals surface area contributed by atoms with Gasteiger partial charge in [-0.15, -0.1) is 11.6 Å². The molecule has 0 aliphatic carbocycles. The number of carbonyl (C=O) groups excluding carboxylic acids is 1. The maximum absolute atomic E-state index is 9.32. The summed E-state index contributed by atoms with van der Waals surface area (Å²) < 4.78 is 0. The van der Waals surface area contributed by atoms with Gasteiger partial charge >= 0.3 is 0 Å². The van der Waals surface area contributed by atoms with Gasteiger partial charge in [-0.3, -0.25) is 0 Å². The first-order valence-electron chi connectivity index (χ1n) is 2.54. The number of aliphatic hydroxyl groups excluding tert-OH is 2. The van der Waals surface area contributed by atoms with Gasteiger partial charge in [0.05, 0.1) is 13.2 Å². The van der Waals surface area contributed by atoms with Gasteiger partial charge < -0.3 is 15.0 Å². The van der Waals surface area contributed by atoms with E-state index in [-0.39, 0.29) is 13.2 Å². The van der Waals surface area contributed by atoms with E-state index in [2.05, 4.69) is 0 Å². The Balaban J connectivity index is 0. The summed E-state index contributed by atoms with van der Waals surface area (Å²) in [7, 11) is 0. The van der Waals surface area contributed by atoms with Crippen LogP contribution in [0.4, 0.5) is 0 Å². The summed E-state index contributed by atoms with van der Waals surface area (Å²) in [5, 5.41) is 15.2. The molecule has 0 radical (unpaired) electrons. The Morgan fingerprint density at radius 3 is 1.78 bits per heavy atom. The molecule has 0 unspecified atom stereocenters. The van der Waals surface area contributed by atoms with Gasteiger partial charge in [-0.1, -0.05) is 0 Å². The zero-order valence-corrected chi connectivity index (χ0v) is 5.84. The van der Waals surface area contributed by atoms with Crippen LogP contribution in [0.2, 0.25) is 0 Å². The van der Waals surface area contributed by atoms with Crippen LogP contribution < -0.4 is 0 Å². The van der Waals surface area contributed by atoms with E-state index in [4.69, 9.17) is 21.8 Å². The van der Waals surface area contributed by atoms with Gasteiger partial charge in [-0.2, -0.15) is 0 Å². The van der Waals surface area contributed by atoms with Crippen LogP contribution >= 0.6 is 11.6 Å². The van der Waals surface area contributed by atoms with Crippen LogP contribution in [0.25, 0.3) is 0 Å². The van der Waals surface area contributed by atoms with Gasteiger partial charge in [0.15, 0.2) is 0 Å². The van der Waals surface area contributed by atoms with E-state index in [1.54, 1.807) is 0 Å². The molecule has 9 heavy (non-hydrogen) atoms. The molecule has 0 aliphatic heterocycles. The Kier molecular flexibility index (Phi) is 20.3. The second-order valence-electron chi connectivity index (χ2n) is 1.09. The lowest BCUT2D eigenvalue weighted by atomic mass is 10.6. The van der Waals surface area contributed by atoms with Crippen LogP contribution in [-0.4, -0.2) is 35.6 Å². The second-order valence-corrected chi connectivity index (χ2v) is 1.47. The molecule has 0 bridgehead atoms. The number of rotatable bonds is 3. The smallest absolute Gasteiger partial charge is 0.121 e. The summed E-state index contributed by atoms with van der Waals surface area (Å²) in [4.78, 5) is 9.32. The van der Waals surface area contributed by atoms with E-state index in [0.717, 1.165) is 6.29 Å². The van der Waals surface area contributed by atoms with E-state index >= 15 is 0 Å². The summed E-state index contributed by atoms with van der Waals surface area (Å²) in [5.74, 6) is 0.448. The molecular formula is C5H11ClO3. The van der Waals surface area contributed by atoms with Gasteiger partial charge in [0.25, 0.3) is 0 Å². The largest absolute Gasteiger partial charge is 0.394 e.